The van der Waals surface area contributed by atoms with Crippen molar-refractivity contribution in [2.75, 3.05) is 48.6 Å². The first-order valence-electron chi connectivity index (χ1n) is 14.7. The Morgan fingerprint density at radius 2 is 1.11 bits per heavy atom. The first-order valence-corrected chi connectivity index (χ1v) is 14.7. The topological polar surface area (TPSA) is 83.2 Å². The van der Waals surface area contributed by atoms with E-state index in [1.807, 2.05) is 112 Å². The molecule has 9 heteroatoms. The second-order valence-corrected chi connectivity index (χ2v) is 11.2. The summed E-state index contributed by atoms with van der Waals surface area (Å²) in [6.07, 6.45) is 5.89. The SMILES string of the molecule is CN(C)c1ccc(C2=NC3=CC=CC4=NC(c5ccc(N(C)C)cc5Nc5ccccc5)=NC(=N2)N34)c(Nc2ccccc2)c1. The van der Waals surface area contributed by atoms with Gasteiger partial charge in [0.25, 0.3) is 0 Å². The first kappa shape index (κ1) is 27.8. The van der Waals surface area contributed by atoms with Crippen LogP contribution in [0.4, 0.5) is 34.1 Å². The van der Waals surface area contributed by atoms with Crippen LogP contribution in [0.1, 0.15) is 11.1 Å². The highest BCUT2D eigenvalue weighted by Gasteiger charge is 2.32. The summed E-state index contributed by atoms with van der Waals surface area (Å²) in [7, 11) is 8.12. The van der Waals surface area contributed by atoms with E-state index < -0.39 is 0 Å². The van der Waals surface area contributed by atoms with E-state index in [4.69, 9.17) is 20.0 Å². The molecular weight excluding hydrogens is 558 g/mol. The van der Waals surface area contributed by atoms with E-state index in [0.29, 0.717) is 29.3 Å². The fourth-order valence-corrected chi connectivity index (χ4v) is 5.26. The summed E-state index contributed by atoms with van der Waals surface area (Å²) in [4.78, 5) is 26.1. The molecule has 222 valence electrons. The minimum absolute atomic E-state index is 0.514. The summed E-state index contributed by atoms with van der Waals surface area (Å²) in [6, 6.07) is 32.7. The Labute approximate surface area is 263 Å². The van der Waals surface area contributed by atoms with Gasteiger partial charge in [-0.15, -0.1) is 0 Å². The van der Waals surface area contributed by atoms with Crippen LogP contribution in [0.25, 0.3) is 0 Å². The molecule has 9 nitrogen and oxygen atoms in total. The molecule has 0 amide bonds. The third-order valence-electron chi connectivity index (χ3n) is 7.63. The number of anilines is 6. The van der Waals surface area contributed by atoms with Gasteiger partial charge in [-0.1, -0.05) is 42.5 Å². The van der Waals surface area contributed by atoms with Crippen LogP contribution in [-0.2, 0) is 0 Å². The Hall–Kier alpha value is -5.96. The normalized spacial score (nSPS) is 14.8. The Bertz CT molecular complexity index is 1850. The average Bonchev–Trinajstić information content (AvgIpc) is 3.05. The lowest BCUT2D eigenvalue weighted by molar-refractivity contribution is 0.711. The molecule has 0 unspecified atom stereocenters. The number of rotatable bonds is 8. The van der Waals surface area contributed by atoms with Crippen molar-refractivity contribution in [1.29, 1.82) is 0 Å². The average molecular weight is 592 g/mol. The lowest BCUT2D eigenvalue weighted by Crippen LogP contribution is -2.41. The summed E-state index contributed by atoms with van der Waals surface area (Å²) in [5, 5.41) is 7.15. The fraction of sp³-hybridized carbons (Fsp3) is 0.111. The van der Waals surface area contributed by atoms with E-state index in [9.17, 15) is 0 Å². The van der Waals surface area contributed by atoms with Gasteiger partial charge in [0.1, 0.15) is 11.7 Å². The third kappa shape index (κ3) is 5.59. The lowest BCUT2D eigenvalue weighted by Gasteiger charge is -2.32. The quantitative estimate of drug-likeness (QED) is 0.231. The van der Waals surface area contributed by atoms with E-state index in [-0.39, 0.29) is 0 Å². The zero-order chi connectivity index (χ0) is 30.9. The fourth-order valence-electron chi connectivity index (χ4n) is 5.26. The van der Waals surface area contributed by atoms with Gasteiger partial charge in [-0.05, 0) is 72.8 Å². The van der Waals surface area contributed by atoms with Gasteiger partial charge in [0.05, 0.1) is 11.4 Å². The molecule has 0 radical (unpaired) electrons. The molecule has 7 rings (SSSR count). The number of allylic oxidation sites excluding steroid dienone is 2. The molecule has 4 aromatic carbocycles. The highest BCUT2D eigenvalue weighted by atomic mass is 15.4. The zero-order valence-corrected chi connectivity index (χ0v) is 25.6. The second-order valence-electron chi connectivity index (χ2n) is 11.2. The van der Waals surface area contributed by atoms with Gasteiger partial charge >= 0.3 is 0 Å². The maximum Gasteiger partial charge on any atom is 0.241 e. The number of nitrogens with one attached hydrogen (secondary N) is 2. The number of nitrogens with zero attached hydrogens (tertiary/aromatic N) is 7. The molecular formula is C36H33N9. The molecule has 0 aromatic heterocycles. The Balaban J connectivity index is 1.33. The van der Waals surface area contributed by atoms with E-state index in [2.05, 4.69) is 56.8 Å². The molecule has 0 bridgehead atoms. The molecule has 3 aliphatic rings. The van der Waals surface area contributed by atoms with Crippen molar-refractivity contribution in [3.05, 3.63) is 132 Å². The number of hydrogen-bond acceptors (Lipinski definition) is 9. The van der Waals surface area contributed by atoms with Crippen LogP contribution in [0.15, 0.2) is 141 Å². The van der Waals surface area contributed by atoms with E-state index in [1.54, 1.807) is 0 Å². The van der Waals surface area contributed by atoms with E-state index in [1.165, 1.54) is 0 Å². The Morgan fingerprint density at radius 3 is 1.64 bits per heavy atom. The number of guanidine groups is 1. The van der Waals surface area contributed by atoms with Crippen molar-refractivity contribution >= 4 is 57.6 Å². The first-order chi connectivity index (χ1) is 21.9. The summed E-state index contributed by atoms with van der Waals surface area (Å²) >= 11 is 0. The predicted molar refractivity (Wildman–Crippen MR) is 188 cm³/mol. The van der Waals surface area contributed by atoms with Crippen molar-refractivity contribution < 1.29 is 0 Å². The maximum absolute atomic E-state index is 5.04. The van der Waals surface area contributed by atoms with Crippen molar-refractivity contribution in [3.63, 3.8) is 0 Å². The predicted octanol–water partition coefficient (Wildman–Crippen LogP) is 6.99. The van der Waals surface area contributed by atoms with Crippen LogP contribution in [-0.4, -0.2) is 56.6 Å². The molecule has 0 saturated heterocycles. The molecule has 3 aliphatic heterocycles. The van der Waals surface area contributed by atoms with Crippen LogP contribution in [0.3, 0.4) is 0 Å². The van der Waals surface area contributed by atoms with Gasteiger partial charge in [-0.25, -0.2) is 14.9 Å². The molecule has 0 aliphatic carbocycles. The molecule has 4 aromatic rings. The smallest absolute Gasteiger partial charge is 0.241 e. The maximum atomic E-state index is 5.04. The van der Waals surface area contributed by atoms with Crippen LogP contribution in [0.2, 0.25) is 0 Å². The van der Waals surface area contributed by atoms with Crippen molar-refractivity contribution in [1.82, 2.24) is 4.90 Å². The number of aliphatic imine (C=N–C) groups is 4. The molecule has 0 fully saturated rings. The van der Waals surface area contributed by atoms with Crippen molar-refractivity contribution in [2.45, 2.75) is 0 Å². The van der Waals surface area contributed by atoms with Crippen LogP contribution < -0.4 is 20.4 Å². The standard InChI is InChI=1S/C36H33N9/c1-43(2)26-18-20-28(30(22-26)37-24-12-7-5-8-13-24)34-39-32-16-11-17-33-40-35(42-36(41-34)45(32)33)29-21-19-27(44(3)4)23-31(29)38-25-14-9-6-10-15-25/h5-23,37-38H,1-4H3. The highest BCUT2D eigenvalue weighted by Crippen LogP contribution is 2.33. The lowest BCUT2D eigenvalue weighted by atomic mass is 10.1. The van der Waals surface area contributed by atoms with Gasteiger partial charge < -0.3 is 20.4 Å². The summed E-state index contributed by atoms with van der Waals surface area (Å²) < 4.78 is 0. The highest BCUT2D eigenvalue weighted by molar-refractivity contribution is 6.26. The second kappa shape index (κ2) is 11.6. The summed E-state index contributed by atoms with van der Waals surface area (Å²) in [6.45, 7) is 0. The largest absolute Gasteiger partial charge is 0.378 e. The molecule has 3 heterocycles. The van der Waals surface area contributed by atoms with E-state index in [0.717, 1.165) is 45.3 Å². The van der Waals surface area contributed by atoms with Crippen LogP contribution >= 0.6 is 0 Å². The monoisotopic (exact) mass is 591 g/mol. The van der Waals surface area contributed by atoms with Crippen LogP contribution in [0, 0.1) is 0 Å². The van der Waals surface area contributed by atoms with Gasteiger partial charge in [0, 0.05) is 62.1 Å². The Morgan fingerprint density at radius 1 is 0.578 bits per heavy atom. The molecule has 2 N–H and O–H groups in total. The Kier molecular flexibility index (Phi) is 7.19. The summed E-state index contributed by atoms with van der Waals surface area (Å²) in [5.74, 6) is 3.09. The van der Waals surface area contributed by atoms with E-state index >= 15 is 0 Å². The number of hydrogen-bond donors (Lipinski definition) is 2. The van der Waals surface area contributed by atoms with Crippen molar-refractivity contribution in [2.24, 2.45) is 20.0 Å². The number of amidine groups is 3. The zero-order valence-electron chi connectivity index (χ0n) is 25.6. The van der Waals surface area contributed by atoms with Gasteiger partial charge in [0.2, 0.25) is 5.96 Å². The minimum atomic E-state index is 0.514. The molecule has 0 saturated carbocycles. The third-order valence-corrected chi connectivity index (χ3v) is 7.63. The van der Waals surface area contributed by atoms with Gasteiger partial charge in [-0.3, -0.25) is 0 Å². The van der Waals surface area contributed by atoms with Crippen molar-refractivity contribution in [3.8, 4) is 0 Å². The molecule has 0 spiro atoms. The molecule has 45 heavy (non-hydrogen) atoms. The number of para-hydroxylation sites is 2. The number of benzene rings is 4. The molecule has 0 atom stereocenters. The van der Waals surface area contributed by atoms with Gasteiger partial charge in [-0.2, -0.15) is 9.98 Å². The van der Waals surface area contributed by atoms with Crippen LogP contribution in [0.5, 0.6) is 0 Å². The van der Waals surface area contributed by atoms with Gasteiger partial charge in [0.15, 0.2) is 11.7 Å². The summed E-state index contributed by atoms with van der Waals surface area (Å²) in [5.41, 5.74) is 7.63. The minimum Gasteiger partial charge on any atom is -0.378 e.